The lowest BCUT2D eigenvalue weighted by Crippen LogP contribution is -2.36. The molecule has 11 aromatic rings. The molecule has 0 saturated heterocycles. The largest absolute Gasteiger partial charge is 0.456 e. The van der Waals surface area contributed by atoms with Crippen LogP contribution in [-0.4, -0.2) is 11.7 Å². The predicted molar refractivity (Wildman–Crippen MR) is 260 cm³/mol. The molecule has 9 aromatic carbocycles. The SMILES string of the molecule is c1ccc(C2=NC(c3cccc4oc5ccc(-c6ccc7c(c6)C6(c8ccccc8-c8ccccc86)c6ccccc6-7)cc5c34)N=C(c3ccc4sc5ccccc5c4c3)N2)cc1. The molecule has 0 radical (unpaired) electrons. The minimum absolute atomic E-state index is 0.408. The quantitative estimate of drug-likeness (QED) is 0.192. The molecule has 14 rings (SSSR count). The second-order valence-corrected chi connectivity index (χ2v) is 17.9. The van der Waals surface area contributed by atoms with Crippen molar-refractivity contribution in [3.63, 3.8) is 0 Å². The van der Waals surface area contributed by atoms with Crippen molar-refractivity contribution in [2.24, 2.45) is 9.98 Å². The van der Waals surface area contributed by atoms with Gasteiger partial charge in [0.25, 0.3) is 0 Å². The zero-order valence-electron chi connectivity index (χ0n) is 33.8. The van der Waals surface area contributed by atoms with Gasteiger partial charge < -0.3 is 9.73 Å². The zero-order chi connectivity index (χ0) is 41.2. The van der Waals surface area contributed by atoms with E-state index in [9.17, 15) is 0 Å². The third-order valence-corrected chi connectivity index (χ3v) is 14.7. The van der Waals surface area contributed by atoms with E-state index in [4.69, 9.17) is 14.4 Å². The Balaban J connectivity index is 0.940. The first kappa shape index (κ1) is 34.8. The molecule has 0 saturated carbocycles. The maximum atomic E-state index is 6.64. The van der Waals surface area contributed by atoms with E-state index in [0.717, 1.165) is 55.9 Å². The Labute approximate surface area is 367 Å². The van der Waals surface area contributed by atoms with E-state index in [1.54, 1.807) is 0 Å². The molecule has 1 spiro atoms. The van der Waals surface area contributed by atoms with E-state index in [1.807, 2.05) is 17.4 Å². The lowest BCUT2D eigenvalue weighted by molar-refractivity contribution is 0.667. The second kappa shape index (κ2) is 13.1. The number of aliphatic imine (C=N–C) groups is 2. The van der Waals surface area contributed by atoms with Gasteiger partial charge in [-0.05, 0) is 104 Å². The van der Waals surface area contributed by atoms with Gasteiger partial charge in [-0.3, -0.25) is 0 Å². The Bertz CT molecular complexity index is 3730. The van der Waals surface area contributed by atoms with Gasteiger partial charge in [0.15, 0.2) is 6.17 Å². The fourth-order valence-corrected chi connectivity index (χ4v) is 12.0. The van der Waals surface area contributed by atoms with Crippen molar-refractivity contribution in [1.82, 2.24) is 5.32 Å². The van der Waals surface area contributed by atoms with E-state index in [-0.39, 0.29) is 0 Å². The van der Waals surface area contributed by atoms with Crippen LogP contribution in [0.3, 0.4) is 0 Å². The van der Waals surface area contributed by atoms with Crippen molar-refractivity contribution in [1.29, 1.82) is 0 Å². The molecule has 3 heterocycles. The first-order valence-corrected chi connectivity index (χ1v) is 22.3. The number of hydrogen-bond acceptors (Lipinski definition) is 5. The summed E-state index contributed by atoms with van der Waals surface area (Å²) in [6, 6.07) is 72.6. The van der Waals surface area contributed by atoms with Gasteiger partial charge in [0.2, 0.25) is 0 Å². The molecule has 0 bridgehead atoms. The van der Waals surface area contributed by atoms with Crippen LogP contribution in [0, 0.1) is 0 Å². The van der Waals surface area contributed by atoms with Gasteiger partial charge in [-0.15, -0.1) is 11.3 Å². The van der Waals surface area contributed by atoms with Gasteiger partial charge in [-0.2, -0.15) is 0 Å². The number of thiophene rings is 1. The van der Waals surface area contributed by atoms with Crippen molar-refractivity contribution in [2.45, 2.75) is 11.6 Å². The normalized spacial score (nSPS) is 15.6. The van der Waals surface area contributed by atoms with Gasteiger partial charge in [0.1, 0.15) is 22.8 Å². The number of benzene rings is 9. The molecule has 0 fully saturated rings. The molecule has 4 nitrogen and oxygen atoms in total. The Morgan fingerprint density at radius 1 is 0.413 bits per heavy atom. The second-order valence-electron chi connectivity index (χ2n) is 16.8. The number of hydrogen-bond donors (Lipinski definition) is 1. The summed E-state index contributed by atoms with van der Waals surface area (Å²) < 4.78 is 9.18. The molecule has 63 heavy (non-hydrogen) atoms. The lowest BCUT2D eigenvalue weighted by Gasteiger charge is -2.30. The Morgan fingerprint density at radius 2 is 1.00 bits per heavy atom. The van der Waals surface area contributed by atoms with Crippen molar-refractivity contribution in [3.05, 3.63) is 239 Å². The van der Waals surface area contributed by atoms with Gasteiger partial charge in [0, 0.05) is 47.6 Å². The molecule has 2 aromatic heterocycles. The van der Waals surface area contributed by atoms with Crippen LogP contribution >= 0.6 is 11.3 Å². The van der Waals surface area contributed by atoms with Gasteiger partial charge >= 0.3 is 0 Å². The molecular weight excluding hydrogens is 787 g/mol. The minimum atomic E-state index is -0.514. The first-order chi connectivity index (χ1) is 31.2. The van der Waals surface area contributed by atoms with Crippen LogP contribution in [0.2, 0.25) is 0 Å². The average molecular weight is 822 g/mol. The summed E-state index contributed by atoms with van der Waals surface area (Å²) in [6.07, 6.45) is -0.514. The molecule has 1 aliphatic heterocycles. The molecule has 1 unspecified atom stereocenters. The zero-order valence-corrected chi connectivity index (χ0v) is 34.7. The van der Waals surface area contributed by atoms with E-state index in [2.05, 4.69) is 199 Å². The molecule has 294 valence electrons. The summed E-state index contributed by atoms with van der Waals surface area (Å²) in [6.45, 7) is 0. The number of nitrogens with one attached hydrogen (secondary N) is 1. The van der Waals surface area contributed by atoms with Gasteiger partial charge in [-0.1, -0.05) is 152 Å². The summed E-state index contributed by atoms with van der Waals surface area (Å²) in [5.74, 6) is 1.58. The highest BCUT2D eigenvalue weighted by Gasteiger charge is 2.51. The molecule has 1 atom stereocenters. The fraction of sp³-hybridized carbons (Fsp3) is 0.0345. The van der Waals surface area contributed by atoms with Crippen LogP contribution in [-0.2, 0) is 5.41 Å². The highest BCUT2D eigenvalue weighted by atomic mass is 32.1. The van der Waals surface area contributed by atoms with Crippen molar-refractivity contribution >= 4 is 65.1 Å². The van der Waals surface area contributed by atoms with E-state index in [0.29, 0.717) is 0 Å². The molecule has 2 aliphatic carbocycles. The van der Waals surface area contributed by atoms with Crippen LogP contribution in [0.4, 0.5) is 0 Å². The summed E-state index contributed by atoms with van der Waals surface area (Å²) in [4.78, 5) is 10.7. The van der Waals surface area contributed by atoms with Gasteiger partial charge in [-0.25, -0.2) is 9.98 Å². The van der Waals surface area contributed by atoms with Crippen LogP contribution in [0.15, 0.2) is 215 Å². The summed E-state index contributed by atoms with van der Waals surface area (Å²) in [5, 5.41) is 8.21. The molecule has 0 amide bonds. The lowest BCUT2D eigenvalue weighted by atomic mass is 9.70. The smallest absolute Gasteiger partial charge is 0.170 e. The van der Waals surface area contributed by atoms with Gasteiger partial charge in [0.05, 0.1) is 5.41 Å². The monoisotopic (exact) mass is 821 g/mol. The minimum Gasteiger partial charge on any atom is -0.456 e. The summed E-state index contributed by atoms with van der Waals surface area (Å²) in [5.41, 5.74) is 17.1. The van der Waals surface area contributed by atoms with Crippen molar-refractivity contribution < 1.29 is 4.42 Å². The number of furan rings is 1. The average Bonchev–Trinajstić information content (AvgIpc) is 4.09. The standard InChI is InChI=1S/C58H35N3OS/c1-2-13-34(14-3-1)55-59-56(37-27-30-53-44(32-37)42-18-7-11-24-52(42)63-53)61-57(60-55)43-19-12-23-51-54(43)45-31-35(26-29-50(45)62-51)36-25-28-41-40-17-6-10-22-48(40)58(49(41)33-36)46-20-8-4-15-38(46)39-16-5-9-21-47(39)58/h1-33,57H,(H,59,60,61). The number of fused-ring (bicyclic) bond motifs is 16. The number of rotatable bonds is 4. The van der Waals surface area contributed by atoms with E-state index in [1.165, 1.54) is 70.2 Å². The highest BCUT2D eigenvalue weighted by molar-refractivity contribution is 7.25. The Morgan fingerprint density at radius 3 is 1.76 bits per heavy atom. The third kappa shape index (κ3) is 4.91. The van der Waals surface area contributed by atoms with Crippen molar-refractivity contribution in [2.75, 3.05) is 0 Å². The first-order valence-electron chi connectivity index (χ1n) is 21.5. The number of amidine groups is 2. The van der Waals surface area contributed by atoms with Crippen LogP contribution in [0.5, 0.6) is 0 Å². The molecule has 3 aliphatic rings. The van der Waals surface area contributed by atoms with Crippen LogP contribution < -0.4 is 5.32 Å². The maximum absolute atomic E-state index is 6.64. The third-order valence-electron chi connectivity index (χ3n) is 13.6. The van der Waals surface area contributed by atoms with Crippen molar-refractivity contribution in [3.8, 4) is 33.4 Å². The molecule has 5 heteroatoms. The Kier molecular flexibility index (Phi) is 7.22. The van der Waals surface area contributed by atoms with Crippen LogP contribution in [0.25, 0.3) is 75.5 Å². The molecular formula is C58H35N3OS. The fourth-order valence-electron chi connectivity index (χ4n) is 10.9. The van der Waals surface area contributed by atoms with Crippen LogP contribution in [0.1, 0.15) is 45.1 Å². The van der Waals surface area contributed by atoms with E-state index < -0.39 is 11.6 Å². The molecule has 1 N–H and O–H groups in total. The van der Waals surface area contributed by atoms with E-state index >= 15 is 0 Å². The Hall–Kier alpha value is -7.86. The number of nitrogens with zero attached hydrogens (tertiary/aromatic N) is 2. The summed E-state index contributed by atoms with van der Waals surface area (Å²) in [7, 11) is 0. The topological polar surface area (TPSA) is 49.9 Å². The highest BCUT2D eigenvalue weighted by Crippen LogP contribution is 2.63. The maximum Gasteiger partial charge on any atom is 0.170 e. The predicted octanol–water partition coefficient (Wildman–Crippen LogP) is 14.5. The summed E-state index contributed by atoms with van der Waals surface area (Å²) >= 11 is 1.82.